The third-order valence-corrected chi connectivity index (χ3v) is 3.33. The Labute approximate surface area is 122 Å². The lowest BCUT2D eigenvalue weighted by molar-refractivity contribution is 0.450. The van der Waals surface area contributed by atoms with Crippen molar-refractivity contribution >= 4 is 11.6 Å². The second-order valence-corrected chi connectivity index (χ2v) is 5.81. The van der Waals surface area contributed by atoms with E-state index < -0.39 is 5.54 Å². The summed E-state index contributed by atoms with van der Waals surface area (Å²) < 4.78 is 26.9. The van der Waals surface area contributed by atoms with Gasteiger partial charge in [0.1, 0.15) is 11.6 Å². The molecule has 0 fully saturated rings. The van der Waals surface area contributed by atoms with Crippen molar-refractivity contribution in [2.75, 3.05) is 0 Å². The van der Waals surface area contributed by atoms with Gasteiger partial charge in [-0.25, -0.2) is 8.78 Å². The van der Waals surface area contributed by atoms with Gasteiger partial charge in [0.25, 0.3) is 0 Å². The Bertz CT molecular complexity index is 611. The molecule has 0 spiro atoms. The molecule has 2 aromatic carbocycles. The first-order valence-electron chi connectivity index (χ1n) is 6.33. The summed E-state index contributed by atoms with van der Waals surface area (Å²) >= 11 is 5.87. The molecule has 0 aliphatic rings. The van der Waals surface area contributed by atoms with Crippen molar-refractivity contribution in [3.8, 4) is 0 Å². The van der Waals surface area contributed by atoms with Gasteiger partial charge in [0.2, 0.25) is 0 Å². The quantitative estimate of drug-likeness (QED) is 0.902. The van der Waals surface area contributed by atoms with E-state index in [1.807, 2.05) is 13.0 Å². The summed E-state index contributed by atoms with van der Waals surface area (Å²) in [4.78, 5) is 0. The van der Waals surface area contributed by atoms with Gasteiger partial charge in [0.05, 0.1) is 0 Å². The highest BCUT2D eigenvalue weighted by molar-refractivity contribution is 6.30. The molecule has 0 bridgehead atoms. The highest BCUT2D eigenvalue weighted by Gasteiger charge is 2.22. The van der Waals surface area contributed by atoms with E-state index in [9.17, 15) is 8.78 Å². The minimum absolute atomic E-state index is 0.299. The molecule has 106 valence electrons. The zero-order valence-electron chi connectivity index (χ0n) is 11.2. The number of hydrogen-bond donors (Lipinski definition) is 1. The van der Waals surface area contributed by atoms with Gasteiger partial charge in [-0.1, -0.05) is 23.7 Å². The highest BCUT2D eigenvalue weighted by atomic mass is 35.5. The predicted molar refractivity (Wildman–Crippen MR) is 77.8 cm³/mol. The first-order valence-corrected chi connectivity index (χ1v) is 6.71. The van der Waals surface area contributed by atoms with Crippen LogP contribution in [-0.2, 0) is 12.8 Å². The molecule has 20 heavy (non-hydrogen) atoms. The molecule has 2 N–H and O–H groups in total. The molecule has 1 atom stereocenters. The van der Waals surface area contributed by atoms with Crippen molar-refractivity contribution in [1.29, 1.82) is 0 Å². The van der Waals surface area contributed by atoms with Crippen molar-refractivity contribution in [2.45, 2.75) is 25.3 Å². The van der Waals surface area contributed by atoms with Crippen LogP contribution in [0.15, 0.2) is 42.5 Å². The van der Waals surface area contributed by atoms with Crippen LogP contribution >= 0.6 is 11.6 Å². The van der Waals surface area contributed by atoms with E-state index in [1.54, 1.807) is 12.1 Å². The van der Waals surface area contributed by atoms with E-state index in [1.165, 1.54) is 24.3 Å². The maximum Gasteiger partial charge on any atom is 0.126 e. The minimum atomic E-state index is -0.681. The molecule has 0 saturated carbocycles. The molecule has 0 aliphatic carbocycles. The average molecular weight is 296 g/mol. The standard InChI is InChI=1S/C16H16ClF2N/c1-16(20,9-11-3-2-4-14(18)7-11)10-12-8-13(17)5-6-15(12)19/h2-8H,9-10,20H2,1H3. The molecule has 1 nitrogen and oxygen atoms in total. The molecule has 0 saturated heterocycles. The van der Waals surface area contributed by atoms with Crippen molar-refractivity contribution in [2.24, 2.45) is 5.73 Å². The SMILES string of the molecule is CC(N)(Cc1cccc(F)c1)Cc1cc(Cl)ccc1F. The predicted octanol–water partition coefficient (Wildman–Crippen LogP) is 4.12. The maximum atomic E-state index is 13.7. The van der Waals surface area contributed by atoms with E-state index in [0.29, 0.717) is 23.4 Å². The Balaban J connectivity index is 2.16. The summed E-state index contributed by atoms with van der Waals surface area (Å²) in [6.45, 7) is 1.82. The lowest BCUT2D eigenvalue weighted by atomic mass is 9.87. The fourth-order valence-electron chi connectivity index (χ4n) is 2.29. The molecular weight excluding hydrogens is 280 g/mol. The van der Waals surface area contributed by atoms with E-state index in [4.69, 9.17) is 17.3 Å². The van der Waals surface area contributed by atoms with Crippen LogP contribution in [-0.4, -0.2) is 5.54 Å². The average Bonchev–Trinajstić information content (AvgIpc) is 2.33. The first-order chi connectivity index (χ1) is 9.35. The monoisotopic (exact) mass is 295 g/mol. The molecule has 0 amide bonds. The summed E-state index contributed by atoms with van der Waals surface area (Å²) in [5.41, 5.74) is 6.80. The van der Waals surface area contributed by atoms with Crippen LogP contribution in [0.5, 0.6) is 0 Å². The van der Waals surface area contributed by atoms with Gasteiger partial charge in [0, 0.05) is 10.6 Å². The van der Waals surface area contributed by atoms with Crippen LogP contribution in [0.4, 0.5) is 8.78 Å². The topological polar surface area (TPSA) is 26.0 Å². The Morgan fingerprint density at radius 1 is 1.10 bits per heavy atom. The molecule has 2 rings (SSSR count). The molecule has 0 radical (unpaired) electrons. The van der Waals surface area contributed by atoms with Crippen molar-refractivity contribution in [1.82, 2.24) is 0 Å². The van der Waals surface area contributed by atoms with E-state index >= 15 is 0 Å². The second kappa shape index (κ2) is 5.90. The van der Waals surface area contributed by atoms with E-state index in [-0.39, 0.29) is 11.6 Å². The fraction of sp³-hybridized carbons (Fsp3) is 0.250. The van der Waals surface area contributed by atoms with E-state index in [0.717, 1.165) is 5.56 Å². The fourth-order valence-corrected chi connectivity index (χ4v) is 2.48. The third kappa shape index (κ3) is 4.02. The van der Waals surface area contributed by atoms with Crippen molar-refractivity contribution < 1.29 is 8.78 Å². The largest absolute Gasteiger partial charge is 0.325 e. The smallest absolute Gasteiger partial charge is 0.126 e. The Morgan fingerprint density at radius 3 is 2.55 bits per heavy atom. The maximum absolute atomic E-state index is 13.7. The number of nitrogens with two attached hydrogens (primary N) is 1. The molecule has 0 aliphatic heterocycles. The van der Waals surface area contributed by atoms with Crippen molar-refractivity contribution in [3.63, 3.8) is 0 Å². The normalized spacial score (nSPS) is 14.1. The lowest BCUT2D eigenvalue weighted by Crippen LogP contribution is -2.41. The van der Waals surface area contributed by atoms with Gasteiger partial charge in [-0.15, -0.1) is 0 Å². The zero-order valence-corrected chi connectivity index (χ0v) is 11.9. The van der Waals surface area contributed by atoms with Gasteiger partial charge in [-0.2, -0.15) is 0 Å². The van der Waals surface area contributed by atoms with Crippen molar-refractivity contribution in [3.05, 3.63) is 70.2 Å². The summed E-state index contributed by atoms with van der Waals surface area (Å²) in [5.74, 6) is -0.627. The molecule has 0 heterocycles. The first kappa shape index (κ1) is 14.9. The van der Waals surface area contributed by atoms with Gasteiger partial charge in [0.15, 0.2) is 0 Å². The lowest BCUT2D eigenvalue weighted by Gasteiger charge is -2.25. The molecular formula is C16H16ClF2N. The second-order valence-electron chi connectivity index (χ2n) is 5.37. The van der Waals surface area contributed by atoms with Gasteiger partial charge >= 0.3 is 0 Å². The number of hydrogen-bond acceptors (Lipinski definition) is 1. The van der Waals surface area contributed by atoms with Crippen LogP contribution in [0.1, 0.15) is 18.1 Å². The molecule has 1 unspecified atom stereocenters. The zero-order chi connectivity index (χ0) is 14.8. The van der Waals surface area contributed by atoms with Gasteiger partial charge in [-0.05, 0) is 61.2 Å². The summed E-state index contributed by atoms with van der Waals surface area (Å²) in [6, 6.07) is 10.7. The van der Waals surface area contributed by atoms with E-state index in [2.05, 4.69) is 0 Å². The Kier molecular flexibility index (Phi) is 4.41. The van der Waals surface area contributed by atoms with Crippen LogP contribution in [0.25, 0.3) is 0 Å². The van der Waals surface area contributed by atoms with Crippen LogP contribution < -0.4 is 5.73 Å². The van der Waals surface area contributed by atoms with Crippen LogP contribution in [0, 0.1) is 11.6 Å². The van der Waals surface area contributed by atoms with Gasteiger partial charge < -0.3 is 5.73 Å². The molecule has 4 heteroatoms. The summed E-state index contributed by atoms with van der Waals surface area (Å²) in [7, 11) is 0. The molecule has 0 aromatic heterocycles. The molecule has 2 aromatic rings. The van der Waals surface area contributed by atoms with Crippen LogP contribution in [0.2, 0.25) is 5.02 Å². The Hall–Kier alpha value is -1.45. The Morgan fingerprint density at radius 2 is 1.85 bits per heavy atom. The highest BCUT2D eigenvalue weighted by Crippen LogP contribution is 2.22. The number of benzene rings is 2. The van der Waals surface area contributed by atoms with Gasteiger partial charge in [-0.3, -0.25) is 0 Å². The number of halogens is 3. The summed E-state index contributed by atoms with van der Waals surface area (Å²) in [5, 5.41) is 0.475. The third-order valence-electron chi connectivity index (χ3n) is 3.10. The summed E-state index contributed by atoms with van der Waals surface area (Å²) in [6.07, 6.45) is 0.784. The minimum Gasteiger partial charge on any atom is -0.325 e. The number of rotatable bonds is 4. The van der Waals surface area contributed by atoms with Crippen LogP contribution in [0.3, 0.4) is 0 Å².